The van der Waals surface area contributed by atoms with Crippen LogP contribution >= 0.6 is 11.6 Å². The van der Waals surface area contributed by atoms with E-state index < -0.39 is 5.97 Å². The summed E-state index contributed by atoms with van der Waals surface area (Å²) in [5, 5.41) is 10.3. The van der Waals surface area contributed by atoms with Gasteiger partial charge in [0.05, 0.1) is 16.8 Å². The van der Waals surface area contributed by atoms with Crippen molar-refractivity contribution in [3.63, 3.8) is 0 Å². The van der Waals surface area contributed by atoms with Gasteiger partial charge in [0.25, 0.3) is 0 Å². The second-order valence-electron chi connectivity index (χ2n) is 6.62. The zero-order valence-corrected chi connectivity index (χ0v) is 14.4. The first-order chi connectivity index (χ1) is 12.1. The lowest BCUT2D eigenvalue weighted by Gasteiger charge is -2.16. The molecule has 1 heterocycles. The predicted molar refractivity (Wildman–Crippen MR) is 101 cm³/mol. The van der Waals surface area contributed by atoms with Crippen molar-refractivity contribution in [1.29, 1.82) is 0 Å². The van der Waals surface area contributed by atoms with Gasteiger partial charge in [-0.15, -0.1) is 11.6 Å². The van der Waals surface area contributed by atoms with E-state index in [1.54, 1.807) is 28.9 Å². The van der Waals surface area contributed by atoms with Crippen LogP contribution in [0.15, 0.2) is 48.5 Å². The number of rotatable bonds is 3. The van der Waals surface area contributed by atoms with Crippen LogP contribution in [0, 0.1) is 0 Å². The van der Waals surface area contributed by atoms with Crippen molar-refractivity contribution in [1.82, 2.24) is 4.68 Å². The zero-order chi connectivity index (χ0) is 17.6. The summed E-state index contributed by atoms with van der Waals surface area (Å²) in [6, 6.07) is 15.1. The summed E-state index contributed by atoms with van der Waals surface area (Å²) in [6.07, 6.45) is 3.27. The van der Waals surface area contributed by atoms with Gasteiger partial charge in [0.15, 0.2) is 0 Å². The molecule has 0 aliphatic heterocycles. The fourth-order valence-electron chi connectivity index (χ4n) is 3.88. The van der Waals surface area contributed by atoms with Crippen LogP contribution < -0.4 is 5.84 Å². The topological polar surface area (TPSA) is 68.2 Å². The van der Waals surface area contributed by atoms with E-state index in [4.69, 9.17) is 22.6 Å². The number of nitrogens with zero attached hydrogens (tertiary/aromatic N) is 1. The molecule has 4 nitrogen and oxygen atoms in total. The number of hydrogen-bond acceptors (Lipinski definition) is 2. The standard InChI is InChI=1S/C20H19ClN2O2/c21-17-6-2-4-15(17)16-5-1-3-14-11-18(23(22)19(14)16)12-7-9-13(10-8-12)20(24)25/h1,3,5,7-11,15,17H,2,4,6,22H2,(H,24,25). The molecule has 1 saturated carbocycles. The summed E-state index contributed by atoms with van der Waals surface area (Å²) < 4.78 is 1.71. The van der Waals surface area contributed by atoms with Crippen molar-refractivity contribution >= 4 is 28.5 Å². The van der Waals surface area contributed by atoms with Crippen LogP contribution in [0.2, 0.25) is 0 Å². The number of carboxylic acid groups (broad SMARTS) is 1. The first-order valence-electron chi connectivity index (χ1n) is 8.43. The molecule has 0 radical (unpaired) electrons. The SMILES string of the molecule is Nn1c(-c2ccc(C(=O)O)cc2)cc2cccc(C3CCCC3Cl)c21. The van der Waals surface area contributed by atoms with Gasteiger partial charge < -0.3 is 10.9 Å². The molecule has 3 N–H and O–H groups in total. The molecule has 1 aliphatic carbocycles. The van der Waals surface area contributed by atoms with E-state index in [-0.39, 0.29) is 10.9 Å². The number of nitrogens with two attached hydrogens (primary N) is 1. The molecule has 2 aromatic carbocycles. The van der Waals surface area contributed by atoms with Crippen molar-refractivity contribution in [2.24, 2.45) is 0 Å². The van der Waals surface area contributed by atoms with E-state index in [0.717, 1.165) is 41.4 Å². The number of carboxylic acids is 1. The van der Waals surface area contributed by atoms with Crippen molar-refractivity contribution in [3.05, 3.63) is 59.7 Å². The molecule has 0 amide bonds. The number of carbonyl (C=O) groups is 1. The maximum Gasteiger partial charge on any atom is 0.335 e. The van der Waals surface area contributed by atoms with E-state index in [0.29, 0.717) is 5.92 Å². The van der Waals surface area contributed by atoms with Gasteiger partial charge in [-0.2, -0.15) is 0 Å². The number of para-hydroxylation sites is 1. The fourth-order valence-corrected chi connectivity index (χ4v) is 4.30. The molecule has 128 valence electrons. The summed E-state index contributed by atoms with van der Waals surface area (Å²) in [7, 11) is 0. The largest absolute Gasteiger partial charge is 0.478 e. The highest BCUT2D eigenvalue weighted by Gasteiger charge is 2.29. The Morgan fingerprint density at radius 3 is 2.56 bits per heavy atom. The third-order valence-corrected chi connectivity index (χ3v) is 5.67. The Balaban J connectivity index is 1.84. The number of alkyl halides is 1. The smallest absolute Gasteiger partial charge is 0.335 e. The average molecular weight is 355 g/mol. The Kier molecular flexibility index (Phi) is 3.92. The minimum absolute atomic E-state index is 0.152. The highest BCUT2D eigenvalue weighted by molar-refractivity contribution is 6.21. The minimum atomic E-state index is -0.934. The lowest BCUT2D eigenvalue weighted by Crippen LogP contribution is -2.13. The van der Waals surface area contributed by atoms with Crippen molar-refractivity contribution < 1.29 is 9.90 Å². The van der Waals surface area contributed by atoms with Gasteiger partial charge in [-0.05, 0) is 36.6 Å². The molecule has 4 rings (SSSR count). The number of hydrogen-bond donors (Lipinski definition) is 2. The lowest BCUT2D eigenvalue weighted by atomic mass is 9.95. The number of fused-ring (bicyclic) bond motifs is 1. The molecule has 2 unspecified atom stereocenters. The Labute approximate surface area is 150 Å². The maximum absolute atomic E-state index is 11.0. The maximum atomic E-state index is 11.0. The molecule has 1 aliphatic rings. The Morgan fingerprint density at radius 1 is 1.16 bits per heavy atom. The van der Waals surface area contributed by atoms with Crippen LogP contribution in [0.5, 0.6) is 0 Å². The monoisotopic (exact) mass is 354 g/mol. The zero-order valence-electron chi connectivity index (χ0n) is 13.7. The van der Waals surface area contributed by atoms with Crippen LogP contribution in [0.3, 0.4) is 0 Å². The molecule has 2 atom stereocenters. The molecular formula is C20H19ClN2O2. The molecule has 1 fully saturated rings. The first-order valence-corrected chi connectivity index (χ1v) is 8.87. The fraction of sp³-hybridized carbons (Fsp3) is 0.250. The predicted octanol–water partition coefficient (Wildman–Crippen LogP) is 4.60. The van der Waals surface area contributed by atoms with Crippen LogP contribution in [0.1, 0.15) is 41.1 Å². The van der Waals surface area contributed by atoms with Crippen LogP contribution in [0.25, 0.3) is 22.2 Å². The summed E-state index contributed by atoms with van der Waals surface area (Å²) in [5.41, 5.74) is 4.23. The van der Waals surface area contributed by atoms with Crippen molar-refractivity contribution in [3.8, 4) is 11.3 Å². The van der Waals surface area contributed by atoms with Crippen LogP contribution in [-0.2, 0) is 0 Å². The van der Waals surface area contributed by atoms with E-state index in [1.807, 2.05) is 6.07 Å². The number of nitrogen functional groups attached to an aromatic ring is 1. The Bertz CT molecular complexity index is 946. The minimum Gasteiger partial charge on any atom is -0.478 e. The molecule has 1 aromatic heterocycles. The summed E-state index contributed by atoms with van der Waals surface area (Å²) in [5.74, 6) is 5.83. The Hall–Kier alpha value is -2.46. The van der Waals surface area contributed by atoms with Crippen molar-refractivity contribution in [2.45, 2.75) is 30.6 Å². The summed E-state index contributed by atoms with van der Waals surface area (Å²) in [6.45, 7) is 0. The summed E-state index contributed by atoms with van der Waals surface area (Å²) in [4.78, 5) is 11.0. The van der Waals surface area contributed by atoms with Gasteiger partial charge in [0.2, 0.25) is 0 Å². The van der Waals surface area contributed by atoms with Crippen molar-refractivity contribution in [2.75, 3.05) is 5.84 Å². The Morgan fingerprint density at radius 2 is 1.92 bits per heavy atom. The van der Waals surface area contributed by atoms with E-state index in [9.17, 15) is 4.79 Å². The normalized spacial score (nSPS) is 20.2. The number of benzene rings is 2. The number of halogens is 1. The van der Waals surface area contributed by atoms with Gasteiger partial charge in [0, 0.05) is 22.2 Å². The van der Waals surface area contributed by atoms with E-state index >= 15 is 0 Å². The van der Waals surface area contributed by atoms with Gasteiger partial charge in [-0.25, -0.2) is 4.79 Å². The molecule has 5 heteroatoms. The van der Waals surface area contributed by atoms with E-state index in [2.05, 4.69) is 18.2 Å². The third-order valence-electron chi connectivity index (χ3n) is 5.15. The second-order valence-corrected chi connectivity index (χ2v) is 7.18. The van der Waals surface area contributed by atoms with E-state index in [1.165, 1.54) is 5.56 Å². The highest BCUT2D eigenvalue weighted by Crippen LogP contribution is 2.41. The van der Waals surface area contributed by atoms with Gasteiger partial charge >= 0.3 is 5.97 Å². The third kappa shape index (κ3) is 2.67. The lowest BCUT2D eigenvalue weighted by molar-refractivity contribution is 0.0697. The molecule has 0 saturated heterocycles. The van der Waals surface area contributed by atoms with Crippen LogP contribution in [-0.4, -0.2) is 21.1 Å². The highest BCUT2D eigenvalue weighted by atomic mass is 35.5. The number of aromatic carboxylic acids is 1. The quantitative estimate of drug-likeness (QED) is 0.533. The first kappa shape index (κ1) is 16.0. The summed E-state index contributed by atoms with van der Waals surface area (Å²) >= 11 is 6.53. The molecular weight excluding hydrogens is 336 g/mol. The number of aromatic nitrogens is 1. The van der Waals surface area contributed by atoms with Gasteiger partial charge in [0.1, 0.15) is 0 Å². The van der Waals surface area contributed by atoms with Gasteiger partial charge in [-0.1, -0.05) is 36.8 Å². The molecule has 0 bridgehead atoms. The van der Waals surface area contributed by atoms with Gasteiger partial charge in [-0.3, -0.25) is 4.68 Å². The molecule has 25 heavy (non-hydrogen) atoms. The average Bonchev–Trinajstić information content (AvgIpc) is 3.18. The molecule has 0 spiro atoms. The van der Waals surface area contributed by atoms with Crippen LogP contribution in [0.4, 0.5) is 0 Å². The second kappa shape index (κ2) is 6.12. The molecule has 3 aromatic rings.